The van der Waals surface area contributed by atoms with Crippen molar-refractivity contribution in [3.63, 3.8) is 0 Å². The second-order valence-corrected chi connectivity index (χ2v) is 19.3. The maximum atomic E-state index is 12.8. The van der Waals surface area contributed by atoms with Gasteiger partial charge in [-0.05, 0) is 25.2 Å². The summed E-state index contributed by atoms with van der Waals surface area (Å²) >= 11 is 0. The van der Waals surface area contributed by atoms with Gasteiger partial charge >= 0.3 is 17.9 Å². The highest BCUT2D eigenvalue weighted by atomic mass is 16.6. The van der Waals surface area contributed by atoms with E-state index in [0.717, 1.165) is 63.7 Å². The molecule has 0 rings (SSSR count). The van der Waals surface area contributed by atoms with Crippen molar-refractivity contribution in [3.8, 4) is 0 Å². The van der Waals surface area contributed by atoms with Gasteiger partial charge in [-0.25, -0.2) is 0 Å². The summed E-state index contributed by atoms with van der Waals surface area (Å²) in [6.45, 7) is 9.01. The lowest BCUT2D eigenvalue weighted by Crippen LogP contribution is -2.30. The Kier molecular flexibility index (Phi) is 48.1. The smallest absolute Gasteiger partial charge is 0.306 e. The van der Waals surface area contributed by atoms with Crippen LogP contribution in [0.2, 0.25) is 0 Å². The lowest BCUT2D eigenvalue weighted by molar-refractivity contribution is -0.167. The van der Waals surface area contributed by atoms with Gasteiger partial charge in [-0.1, -0.05) is 272 Å². The fraction of sp³-hybridized carbons (Fsp3) is 0.945. The quantitative estimate of drug-likeness (QED) is 0.0344. The number of hydrogen-bond acceptors (Lipinski definition) is 6. The molecular weight excluding hydrogens is 757 g/mol. The summed E-state index contributed by atoms with van der Waals surface area (Å²) in [6, 6.07) is 0. The Morgan fingerprint density at radius 1 is 0.311 bits per heavy atom. The molecule has 0 saturated carbocycles. The second-order valence-electron chi connectivity index (χ2n) is 19.3. The van der Waals surface area contributed by atoms with Crippen molar-refractivity contribution < 1.29 is 28.6 Å². The minimum atomic E-state index is -0.761. The maximum absolute atomic E-state index is 12.8. The number of hydrogen-bond donors (Lipinski definition) is 0. The molecule has 0 spiro atoms. The van der Waals surface area contributed by atoms with Crippen LogP contribution in [0.1, 0.15) is 310 Å². The third kappa shape index (κ3) is 49.3. The molecule has 0 aromatic carbocycles. The monoisotopic (exact) mass is 863 g/mol. The summed E-state index contributed by atoms with van der Waals surface area (Å²) in [5.41, 5.74) is 0. The molecule has 0 aromatic heterocycles. The summed E-state index contributed by atoms with van der Waals surface area (Å²) in [5, 5.41) is 0. The molecule has 0 aromatic rings. The fourth-order valence-electron chi connectivity index (χ4n) is 8.39. The van der Waals surface area contributed by atoms with Gasteiger partial charge in [-0.2, -0.15) is 0 Å². The highest BCUT2D eigenvalue weighted by Crippen LogP contribution is 2.17. The molecule has 0 aliphatic heterocycles. The molecule has 362 valence electrons. The van der Waals surface area contributed by atoms with Crippen LogP contribution in [0.3, 0.4) is 0 Å². The van der Waals surface area contributed by atoms with Crippen LogP contribution in [0.4, 0.5) is 0 Å². The van der Waals surface area contributed by atoms with Crippen molar-refractivity contribution in [2.24, 2.45) is 5.92 Å². The van der Waals surface area contributed by atoms with E-state index in [9.17, 15) is 14.4 Å². The van der Waals surface area contributed by atoms with E-state index in [1.54, 1.807) is 0 Å². The Bertz CT molecular complexity index is 918. The molecule has 0 amide bonds. The van der Waals surface area contributed by atoms with Gasteiger partial charge in [0.15, 0.2) is 6.10 Å². The van der Waals surface area contributed by atoms with Crippen LogP contribution < -0.4 is 0 Å². The number of rotatable bonds is 50. The summed E-state index contributed by atoms with van der Waals surface area (Å²) in [5.74, 6) is -0.0501. The van der Waals surface area contributed by atoms with Crippen LogP contribution in [-0.4, -0.2) is 37.2 Å². The molecule has 0 aliphatic rings. The maximum Gasteiger partial charge on any atom is 0.306 e. The van der Waals surface area contributed by atoms with Crippen LogP contribution in [0.15, 0.2) is 0 Å². The van der Waals surface area contributed by atoms with Crippen molar-refractivity contribution in [3.05, 3.63) is 0 Å². The van der Waals surface area contributed by atoms with Gasteiger partial charge in [0, 0.05) is 19.3 Å². The molecule has 6 heteroatoms. The third-order valence-electron chi connectivity index (χ3n) is 12.5. The van der Waals surface area contributed by atoms with Crippen LogP contribution in [0.25, 0.3) is 0 Å². The zero-order valence-corrected chi connectivity index (χ0v) is 41.6. The first-order valence-electron chi connectivity index (χ1n) is 27.4. The Hall–Kier alpha value is -1.59. The summed E-state index contributed by atoms with van der Waals surface area (Å²) < 4.78 is 16.8. The molecule has 0 radical (unpaired) electrons. The molecule has 6 nitrogen and oxygen atoms in total. The van der Waals surface area contributed by atoms with E-state index in [0.29, 0.717) is 19.3 Å². The van der Waals surface area contributed by atoms with E-state index in [4.69, 9.17) is 14.2 Å². The van der Waals surface area contributed by atoms with Crippen molar-refractivity contribution >= 4 is 17.9 Å². The van der Waals surface area contributed by atoms with Gasteiger partial charge in [-0.3, -0.25) is 14.4 Å². The molecule has 0 fully saturated rings. The molecule has 0 heterocycles. The summed E-state index contributed by atoms with van der Waals surface area (Å²) in [6.07, 6.45) is 52.4. The minimum Gasteiger partial charge on any atom is -0.462 e. The van der Waals surface area contributed by atoms with E-state index >= 15 is 0 Å². The fourth-order valence-corrected chi connectivity index (χ4v) is 8.39. The SMILES string of the molecule is CCCCCCCCCCCCCCCCCCCCCC(=O)OC[C@@H](COC(=O)CCCCCCCCCCCCCCC)OC(=O)CCCCCCCCCCC(C)C. The number of carbonyl (C=O) groups excluding carboxylic acids is 3. The number of unbranched alkanes of at least 4 members (excludes halogenated alkanes) is 37. The number of ether oxygens (including phenoxy) is 3. The van der Waals surface area contributed by atoms with Gasteiger partial charge in [-0.15, -0.1) is 0 Å². The Labute approximate surface area is 380 Å². The zero-order chi connectivity index (χ0) is 44.5. The van der Waals surface area contributed by atoms with Crippen LogP contribution in [-0.2, 0) is 28.6 Å². The highest BCUT2D eigenvalue weighted by molar-refractivity contribution is 5.71. The standard InChI is InChI=1S/C55H106O6/c1-5-7-9-11-13-15-17-19-20-21-22-23-24-26-28-30-35-39-43-47-54(57)60-50-52(61-55(58)48-44-40-36-32-31-33-37-41-45-51(3)4)49-59-53(56)46-42-38-34-29-27-25-18-16-14-12-10-8-6-2/h51-52H,5-50H2,1-4H3/t52-/m1/s1. The van der Waals surface area contributed by atoms with E-state index in [-0.39, 0.29) is 31.1 Å². The van der Waals surface area contributed by atoms with E-state index in [1.807, 2.05) is 0 Å². The number of carbonyl (C=O) groups is 3. The largest absolute Gasteiger partial charge is 0.462 e. The third-order valence-corrected chi connectivity index (χ3v) is 12.5. The molecule has 0 bridgehead atoms. The van der Waals surface area contributed by atoms with Gasteiger partial charge in [0.05, 0.1) is 0 Å². The molecule has 0 aliphatic carbocycles. The normalized spacial score (nSPS) is 12.0. The predicted molar refractivity (Wildman–Crippen MR) is 261 cm³/mol. The first-order chi connectivity index (χ1) is 29.9. The Balaban J connectivity index is 4.23. The highest BCUT2D eigenvalue weighted by Gasteiger charge is 2.19. The van der Waals surface area contributed by atoms with Gasteiger partial charge < -0.3 is 14.2 Å². The molecule has 61 heavy (non-hydrogen) atoms. The van der Waals surface area contributed by atoms with Crippen LogP contribution >= 0.6 is 0 Å². The summed E-state index contributed by atoms with van der Waals surface area (Å²) in [4.78, 5) is 38.0. The van der Waals surface area contributed by atoms with Gasteiger partial charge in [0.2, 0.25) is 0 Å². The van der Waals surface area contributed by atoms with Crippen LogP contribution in [0.5, 0.6) is 0 Å². The van der Waals surface area contributed by atoms with Crippen molar-refractivity contribution in [1.82, 2.24) is 0 Å². The summed E-state index contributed by atoms with van der Waals surface area (Å²) in [7, 11) is 0. The number of esters is 3. The van der Waals surface area contributed by atoms with Gasteiger partial charge in [0.25, 0.3) is 0 Å². The van der Waals surface area contributed by atoms with E-state index in [1.165, 1.54) is 205 Å². The lowest BCUT2D eigenvalue weighted by atomic mass is 10.0. The molecular formula is C55H106O6. The molecule has 1 atom stereocenters. The van der Waals surface area contributed by atoms with Crippen molar-refractivity contribution in [2.75, 3.05) is 13.2 Å². The first-order valence-corrected chi connectivity index (χ1v) is 27.4. The molecule has 0 N–H and O–H groups in total. The predicted octanol–water partition coefficient (Wildman–Crippen LogP) is 17.8. The van der Waals surface area contributed by atoms with E-state index < -0.39 is 6.10 Å². The average molecular weight is 863 g/mol. The second kappa shape index (κ2) is 49.4. The topological polar surface area (TPSA) is 78.9 Å². The molecule has 0 unspecified atom stereocenters. The van der Waals surface area contributed by atoms with E-state index in [2.05, 4.69) is 27.7 Å². The Morgan fingerprint density at radius 2 is 0.541 bits per heavy atom. The van der Waals surface area contributed by atoms with Crippen LogP contribution in [0, 0.1) is 5.92 Å². The van der Waals surface area contributed by atoms with Crippen molar-refractivity contribution in [1.29, 1.82) is 0 Å². The van der Waals surface area contributed by atoms with Gasteiger partial charge in [0.1, 0.15) is 13.2 Å². The zero-order valence-electron chi connectivity index (χ0n) is 41.6. The average Bonchev–Trinajstić information content (AvgIpc) is 3.24. The Morgan fingerprint density at radius 3 is 0.803 bits per heavy atom. The minimum absolute atomic E-state index is 0.0630. The first kappa shape index (κ1) is 59.4. The molecule has 0 saturated heterocycles. The lowest BCUT2D eigenvalue weighted by Gasteiger charge is -2.18. The van der Waals surface area contributed by atoms with Crippen molar-refractivity contribution in [2.45, 2.75) is 316 Å².